The molecule has 0 aromatic carbocycles. The largest absolute Gasteiger partial charge is 0.392 e. The minimum Gasteiger partial charge on any atom is -0.392 e. The van der Waals surface area contributed by atoms with Gasteiger partial charge in [0.1, 0.15) is 0 Å². The first-order valence-electron chi connectivity index (χ1n) is 5.17. The Labute approximate surface area is 80.2 Å². The van der Waals surface area contributed by atoms with Gasteiger partial charge in [-0.2, -0.15) is 0 Å². The molecule has 0 aromatic heterocycles. The molecule has 0 bridgehead atoms. The molecular weight excluding hydrogens is 166 g/mol. The van der Waals surface area contributed by atoms with Gasteiger partial charge in [0.25, 0.3) is 0 Å². The van der Waals surface area contributed by atoms with Crippen LogP contribution in [-0.4, -0.2) is 35.0 Å². The van der Waals surface area contributed by atoms with Gasteiger partial charge in [0, 0.05) is 13.0 Å². The number of aliphatic hydroxyl groups excluding tert-OH is 1. The van der Waals surface area contributed by atoms with E-state index in [1.165, 1.54) is 0 Å². The summed E-state index contributed by atoms with van der Waals surface area (Å²) in [6, 6.07) is 0. The van der Waals surface area contributed by atoms with E-state index in [0.29, 0.717) is 18.9 Å². The molecule has 1 fully saturated rings. The first-order chi connectivity index (χ1) is 6.06. The van der Waals surface area contributed by atoms with Crippen LogP contribution in [0.1, 0.15) is 33.1 Å². The lowest BCUT2D eigenvalue weighted by Crippen LogP contribution is -2.37. The van der Waals surface area contributed by atoms with Gasteiger partial charge < -0.3 is 15.5 Å². The summed E-state index contributed by atoms with van der Waals surface area (Å²) in [5.41, 5.74) is -0.658. The zero-order valence-corrected chi connectivity index (χ0v) is 8.58. The van der Waals surface area contributed by atoms with E-state index < -0.39 is 11.7 Å². The predicted octanol–water partition coefficient (Wildman–Crippen LogP) is 0.508. The number of rotatable bonds is 6. The third kappa shape index (κ3) is 3.63. The molecule has 3 N–H and O–H groups in total. The van der Waals surface area contributed by atoms with Crippen LogP contribution in [0.2, 0.25) is 0 Å². The Balaban J connectivity index is 2.21. The van der Waals surface area contributed by atoms with Crippen LogP contribution < -0.4 is 5.32 Å². The summed E-state index contributed by atoms with van der Waals surface area (Å²) in [5.74, 6) is 0.420. The topological polar surface area (TPSA) is 52.5 Å². The fourth-order valence-electron chi connectivity index (χ4n) is 1.73. The summed E-state index contributed by atoms with van der Waals surface area (Å²) >= 11 is 0. The van der Waals surface area contributed by atoms with Crippen LogP contribution in [0.5, 0.6) is 0 Å². The minimum absolute atomic E-state index is 0.420. The third-order valence-corrected chi connectivity index (χ3v) is 2.74. The summed E-state index contributed by atoms with van der Waals surface area (Å²) in [7, 11) is 0. The second kappa shape index (κ2) is 4.40. The highest BCUT2D eigenvalue weighted by molar-refractivity contribution is 4.92. The van der Waals surface area contributed by atoms with Crippen LogP contribution in [0.15, 0.2) is 0 Å². The van der Waals surface area contributed by atoms with Crippen molar-refractivity contribution < 1.29 is 10.2 Å². The van der Waals surface area contributed by atoms with E-state index in [1.807, 2.05) is 13.8 Å². The molecule has 1 aliphatic rings. The maximum Gasteiger partial charge on any atom is 0.0691 e. The van der Waals surface area contributed by atoms with Crippen LogP contribution in [0.25, 0.3) is 0 Å². The predicted molar refractivity (Wildman–Crippen MR) is 52.5 cm³/mol. The molecule has 1 saturated carbocycles. The SMILES string of the molecule is CCNC[C@@H](O)C[C@@](C)(O)C1CC1. The maximum absolute atomic E-state index is 9.94. The highest BCUT2D eigenvalue weighted by Crippen LogP contribution is 2.41. The van der Waals surface area contributed by atoms with Gasteiger partial charge in [-0.05, 0) is 32.2 Å². The monoisotopic (exact) mass is 187 g/mol. The van der Waals surface area contributed by atoms with Crippen LogP contribution in [0.3, 0.4) is 0 Å². The van der Waals surface area contributed by atoms with E-state index in [-0.39, 0.29) is 0 Å². The normalized spacial score (nSPS) is 24.0. The summed E-state index contributed by atoms with van der Waals surface area (Å²) < 4.78 is 0. The van der Waals surface area contributed by atoms with E-state index >= 15 is 0 Å². The smallest absolute Gasteiger partial charge is 0.0691 e. The van der Waals surface area contributed by atoms with Gasteiger partial charge in [-0.15, -0.1) is 0 Å². The van der Waals surface area contributed by atoms with Crippen molar-refractivity contribution in [3.8, 4) is 0 Å². The second-order valence-electron chi connectivity index (χ2n) is 4.30. The average Bonchev–Trinajstić information content (AvgIpc) is 2.81. The van der Waals surface area contributed by atoms with E-state index in [4.69, 9.17) is 0 Å². The molecule has 78 valence electrons. The molecule has 0 radical (unpaired) electrons. The first-order valence-corrected chi connectivity index (χ1v) is 5.17. The minimum atomic E-state index is -0.658. The van der Waals surface area contributed by atoms with Crippen LogP contribution >= 0.6 is 0 Å². The summed E-state index contributed by atoms with van der Waals surface area (Å²) in [6.07, 6.45) is 2.29. The Morgan fingerprint density at radius 1 is 1.54 bits per heavy atom. The Morgan fingerprint density at radius 3 is 2.62 bits per heavy atom. The average molecular weight is 187 g/mol. The second-order valence-corrected chi connectivity index (χ2v) is 4.30. The van der Waals surface area contributed by atoms with Crippen molar-refractivity contribution in [3.63, 3.8) is 0 Å². The van der Waals surface area contributed by atoms with E-state index in [1.54, 1.807) is 0 Å². The van der Waals surface area contributed by atoms with Crippen LogP contribution in [0, 0.1) is 5.92 Å². The molecule has 0 aromatic rings. The molecule has 0 spiro atoms. The van der Waals surface area contributed by atoms with Gasteiger partial charge in [-0.3, -0.25) is 0 Å². The van der Waals surface area contributed by atoms with Crippen LogP contribution in [0.4, 0.5) is 0 Å². The lowest BCUT2D eigenvalue weighted by Gasteiger charge is -2.26. The molecule has 1 aliphatic carbocycles. The first kappa shape index (κ1) is 11.0. The maximum atomic E-state index is 9.94. The van der Waals surface area contributed by atoms with Crippen molar-refractivity contribution in [1.82, 2.24) is 5.32 Å². The summed E-state index contributed by atoms with van der Waals surface area (Å²) in [4.78, 5) is 0. The van der Waals surface area contributed by atoms with Gasteiger partial charge in [-0.1, -0.05) is 6.92 Å². The molecule has 0 unspecified atom stereocenters. The molecule has 3 heteroatoms. The van der Waals surface area contributed by atoms with Gasteiger partial charge in [0.2, 0.25) is 0 Å². The van der Waals surface area contributed by atoms with Gasteiger partial charge in [0.15, 0.2) is 0 Å². The van der Waals surface area contributed by atoms with Gasteiger partial charge in [-0.25, -0.2) is 0 Å². The number of likely N-dealkylation sites (N-methyl/N-ethyl adjacent to an activating group) is 1. The molecule has 2 atom stereocenters. The standard InChI is InChI=1S/C10H21NO2/c1-3-11-7-9(12)6-10(2,13)8-4-5-8/h8-9,11-13H,3-7H2,1-2H3/t9-,10+/m0/s1. The van der Waals surface area contributed by atoms with E-state index in [2.05, 4.69) is 5.32 Å². The fourth-order valence-corrected chi connectivity index (χ4v) is 1.73. The van der Waals surface area contributed by atoms with Crippen molar-refractivity contribution in [1.29, 1.82) is 0 Å². The Kier molecular flexibility index (Phi) is 3.71. The Morgan fingerprint density at radius 2 is 2.15 bits per heavy atom. The zero-order chi connectivity index (χ0) is 9.90. The van der Waals surface area contributed by atoms with Crippen molar-refractivity contribution in [2.24, 2.45) is 5.92 Å². The molecule has 0 heterocycles. The molecule has 0 amide bonds. The number of nitrogens with one attached hydrogen (secondary N) is 1. The number of hydrogen-bond acceptors (Lipinski definition) is 3. The van der Waals surface area contributed by atoms with Crippen molar-refractivity contribution in [3.05, 3.63) is 0 Å². The van der Waals surface area contributed by atoms with Crippen LogP contribution in [-0.2, 0) is 0 Å². The summed E-state index contributed by atoms with van der Waals surface area (Å²) in [5, 5.41) is 22.6. The number of hydrogen-bond donors (Lipinski definition) is 3. The zero-order valence-electron chi connectivity index (χ0n) is 8.58. The van der Waals surface area contributed by atoms with Gasteiger partial charge >= 0.3 is 0 Å². The Hall–Kier alpha value is -0.120. The van der Waals surface area contributed by atoms with E-state index in [9.17, 15) is 10.2 Å². The van der Waals surface area contributed by atoms with Gasteiger partial charge in [0.05, 0.1) is 11.7 Å². The van der Waals surface area contributed by atoms with E-state index in [0.717, 1.165) is 19.4 Å². The fraction of sp³-hybridized carbons (Fsp3) is 1.00. The molecule has 3 nitrogen and oxygen atoms in total. The molecule has 0 saturated heterocycles. The van der Waals surface area contributed by atoms with Crippen molar-refractivity contribution >= 4 is 0 Å². The molecular formula is C10H21NO2. The third-order valence-electron chi connectivity index (χ3n) is 2.74. The quantitative estimate of drug-likeness (QED) is 0.568. The van der Waals surface area contributed by atoms with Crippen molar-refractivity contribution in [2.75, 3.05) is 13.1 Å². The molecule has 13 heavy (non-hydrogen) atoms. The lowest BCUT2D eigenvalue weighted by molar-refractivity contribution is -0.0128. The van der Waals surface area contributed by atoms with Crippen molar-refractivity contribution in [2.45, 2.75) is 44.8 Å². The molecule has 1 rings (SSSR count). The summed E-state index contributed by atoms with van der Waals surface area (Å²) in [6.45, 7) is 5.29. The number of aliphatic hydroxyl groups is 2. The lowest BCUT2D eigenvalue weighted by atomic mass is 9.93. The Bertz CT molecular complexity index is 155. The highest BCUT2D eigenvalue weighted by Gasteiger charge is 2.40. The molecule has 0 aliphatic heterocycles. The highest BCUT2D eigenvalue weighted by atomic mass is 16.3.